The summed E-state index contributed by atoms with van der Waals surface area (Å²) in [5, 5.41) is 15.0. The van der Waals surface area contributed by atoms with Gasteiger partial charge in [0.2, 0.25) is 5.91 Å². The van der Waals surface area contributed by atoms with Crippen molar-refractivity contribution < 1.29 is 9.59 Å². The SMILES string of the molecule is CCC(=O)CCCCC[C@H](NC(=O)[C@H]1CC12CCN(CC)CC2)c1ncc(C2=C/C(=C/NC3CC3)C(=N)C=C2)[nH]1. The molecule has 3 aliphatic carbocycles. The summed E-state index contributed by atoms with van der Waals surface area (Å²) < 4.78 is 0. The third-order valence-electron chi connectivity index (χ3n) is 9.30. The zero-order valence-electron chi connectivity index (χ0n) is 24.2. The Labute approximate surface area is 238 Å². The fourth-order valence-corrected chi connectivity index (χ4v) is 6.13. The molecule has 0 bridgehead atoms. The van der Waals surface area contributed by atoms with Crippen LogP contribution in [0, 0.1) is 16.7 Å². The number of hydrogen-bond donors (Lipinski definition) is 4. The van der Waals surface area contributed by atoms with Crippen LogP contribution in [0.15, 0.2) is 36.2 Å². The van der Waals surface area contributed by atoms with Crippen molar-refractivity contribution in [2.24, 2.45) is 11.3 Å². The predicted octanol–water partition coefficient (Wildman–Crippen LogP) is 5.23. The molecule has 4 N–H and O–H groups in total. The number of nitrogens with zero attached hydrogens (tertiary/aromatic N) is 2. The maximum absolute atomic E-state index is 13.5. The van der Waals surface area contributed by atoms with E-state index in [1.54, 1.807) is 0 Å². The lowest BCUT2D eigenvalue weighted by Crippen LogP contribution is -2.37. The highest BCUT2D eigenvalue weighted by Crippen LogP contribution is 2.59. The first-order valence-corrected chi connectivity index (χ1v) is 15.5. The smallest absolute Gasteiger partial charge is 0.224 e. The number of piperidine rings is 1. The number of hydrogen-bond acceptors (Lipinski definition) is 6. The molecule has 5 rings (SSSR count). The molecule has 2 heterocycles. The van der Waals surface area contributed by atoms with E-state index in [9.17, 15) is 9.59 Å². The van der Waals surface area contributed by atoms with E-state index in [4.69, 9.17) is 10.4 Å². The molecular weight excluding hydrogens is 500 g/mol. The maximum Gasteiger partial charge on any atom is 0.224 e. The Morgan fingerprint density at radius 2 is 2.00 bits per heavy atom. The van der Waals surface area contributed by atoms with Gasteiger partial charge in [0.05, 0.1) is 23.6 Å². The Morgan fingerprint density at radius 1 is 1.20 bits per heavy atom. The molecule has 1 spiro atoms. The number of rotatable bonds is 14. The molecule has 1 amide bonds. The van der Waals surface area contributed by atoms with Crippen LogP contribution in [0.4, 0.5) is 0 Å². The zero-order valence-corrected chi connectivity index (χ0v) is 24.2. The van der Waals surface area contributed by atoms with Crippen LogP contribution in [0.1, 0.15) is 102 Å². The van der Waals surface area contributed by atoms with Crippen molar-refractivity contribution in [2.75, 3.05) is 19.6 Å². The molecule has 0 aromatic carbocycles. The van der Waals surface area contributed by atoms with Gasteiger partial charge in [-0.25, -0.2) is 4.98 Å². The van der Waals surface area contributed by atoms with E-state index in [0.717, 1.165) is 87.2 Å². The molecular formula is C32H46N6O2. The van der Waals surface area contributed by atoms with Gasteiger partial charge in [0.1, 0.15) is 11.6 Å². The number of unbranched alkanes of at least 4 members (excludes halogenated alkanes) is 2. The summed E-state index contributed by atoms with van der Waals surface area (Å²) in [4.78, 5) is 35.9. The molecule has 216 valence electrons. The van der Waals surface area contributed by atoms with Crippen LogP contribution >= 0.6 is 0 Å². The monoisotopic (exact) mass is 546 g/mol. The maximum atomic E-state index is 13.5. The summed E-state index contributed by atoms with van der Waals surface area (Å²) in [6.45, 7) is 7.39. The number of ketones is 1. The van der Waals surface area contributed by atoms with Crippen LogP contribution in [0.5, 0.6) is 0 Å². The molecule has 40 heavy (non-hydrogen) atoms. The molecule has 0 radical (unpaired) electrons. The van der Waals surface area contributed by atoms with Crippen molar-refractivity contribution in [3.8, 4) is 0 Å². The Morgan fingerprint density at radius 3 is 2.73 bits per heavy atom. The molecule has 1 aromatic heterocycles. The third-order valence-corrected chi connectivity index (χ3v) is 9.30. The van der Waals surface area contributed by atoms with Gasteiger partial charge in [0, 0.05) is 42.1 Å². The van der Waals surface area contributed by atoms with E-state index in [0.29, 0.717) is 30.4 Å². The van der Waals surface area contributed by atoms with Crippen LogP contribution in [0.25, 0.3) is 5.57 Å². The highest BCUT2D eigenvalue weighted by Gasteiger charge is 2.58. The number of H-pyrrole nitrogens is 1. The van der Waals surface area contributed by atoms with E-state index in [1.165, 1.54) is 12.8 Å². The molecule has 0 unspecified atom stereocenters. The highest BCUT2D eigenvalue weighted by molar-refractivity contribution is 6.12. The number of carbonyl (C=O) groups excluding carboxylic acids is 2. The number of carbonyl (C=O) groups is 2. The number of nitrogens with one attached hydrogen (secondary N) is 4. The fourth-order valence-electron chi connectivity index (χ4n) is 6.13. The lowest BCUT2D eigenvalue weighted by molar-refractivity contribution is -0.124. The lowest BCUT2D eigenvalue weighted by atomic mass is 9.90. The van der Waals surface area contributed by atoms with Gasteiger partial charge >= 0.3 is 0 Å². The van der Waals surface area contributed by atoms with E-state index < -0.39 is 0 Å². The minimum Gasteiger partial charge on any atom is -0.388 e. The molecule has 1 aromatic rings. The molecule has 2 atom stereocenters. The summed E-state index contributed by atoms with van der Waals surface area (Å²) in [6, 6.07) is 0.352. The van der Waals surface area contributed by atoms with Crippen molar-refractivity contribution in [1.82, 2.24) is 25.5 Å². The summed E-state index contributed by atoms with van der Waals surface area (Å²) in [7, 11) is 0. The van der Waals surface area contributed by atoms with Crippen LogP contribution in [-0.4, -0.2) is 57.9 Å². The molecule has 8 nitrogen and oxygen atoms in total. The zero-order chi connectivity index (χ0) is 28.1. The Hall–Kier alpha value is -3.00. The Bertz CT molecular complexity index is 1180. The minimum absolute atomic E-state index is 0.104. The fraction of sp³-hybridized carbons (Fsp3) is 0.625. The number of likely N-dealkylation sites (tertiary alicyclic amines) is 1. The predicted molar refractivity (Wildman–Crippen MR) is 159 cm³/mol. The summed E-state index contributed by atoms with van der Waals surface area (Å²) >= 11 is 0. The van der Waals surface area contributed by atoms with Crippen LogP contribution in [0.3, 0.4) is 0 Å². The molecule has 1 saturated heterocycles. The summed E-state index contributed by atoms with van der Waals surface area (Å²) in [6.07, 6.45) is 20.0. The number of aromatic nitrogens is 2. The highest BCUT2D eigenvalue weighted by atomic mass is 16.2. The van der Waals surface area contributed by atoms with Gasteiger partial charge in [-0.2, -0.15) is 0 Å². The van der Waals surface area contributed by atoms with Crippen molar-refractivity contribution in [1.29, 1.82) is 5.41 Å². The first-order valence-electron chi connectivity index (χ1n) is 15.5. The average molecular weight is 547 g/mol. The quantitative estimate of drug-likeness (QED) is 0.239. The number of imidazole rings is 1. The summed E-state index contributed by atoms with van der Waals surface area (Å²) in [5.74, 6) is 1.36. The van der Waals surface area contributed by atoms with Gasteiger partial charge in [0.15, 0.2) is 0 Å². The first-order chi connectivity index (χ1) is 19.4. The van der Waals surface area contributed by atoms with Gasteiger partial charge in [-0.05, 0) is 82.1 Å². The molecule has 3 fully saturated rings. The van der Waals surface area contributed by atoms with Crippen LogP contribution < -0.4 is 10.6 Å². The Balaban J connectivity index is 1.25. The molecule has 2 saturated carbocycles. The Kier molecular flexibility index (Phi) is 9.03. The van der Waals surface area contributed by atoms with Crippen molar-refractivity contribution in [3.05, 3.63) is 47.7 Å². The van der Waals surface area contributed by atoms with Crippen molar-refractivity contribution in [2.45, 2.75) is 96.6 Å². The minimum atomic E-state index is -0.186. The van der Waals surface area contributed by atoms with Gasteiger partial charge in [0.25, 0.3) is 0 Å². The van der Waals surface area contributed by atoms with E-state index >= 15 is 0 Å². The number of aromatic amines is 1. The van der Waals surface area contributed by atoms with Crippen LogP contribution in [0.2, 0.25) is 0 Å². The van der Waals surface area contributed by atoms with Crippen LogP contribution in [-0.2, 0) is 9.59 Å². The molecule has 4 aliphatic rings. The topological polar surface area (TPSA) is 114 Å². The number of allylic oxidation sites excluding steroid dienone is 5. The second-order valence-corrected chi connectivity index (χ2v) is 12.2. The average Bonchev–Trinajstić information content (AvgIpc) is 3.88. The molecule has 8 heteroatoms. The van der Waals surface area contributed by atoms with E-state index in [2.05, 4.69) is 27.4 Å². The van der Waals surface area contributed by atoms with Crippen molar-refractivity contribution >= 4 is 23.0 Å². The second-order valence-electron chi connectivity index (χ2n) is 12.2. The van der Waals surface area contributed by atoms with Gasteiger partial charge < -0.3 is 25.9 Å². The third kappa shape index (κ3) is 7.00. The first kappa shape index (κ1) is 28.5. The van der Waals surface area contributed by atoms with E-state index in [-0.39, 0.29) is 23.3 Å². The summed E-state index contributed by atoms with van der Waals surface area (Å²) in [5.41, 5.74) is 3.41. The normalized spacial score (nSPS) is 23.8. The lowest BCUT2D eigenvalue weighted by Gasteiger charge is -2.32. The van der Waals surface area contributed by atoms with E-state index in [1.807, 2.05) is 37.5 Å². The molecule has 1 aliphatic heterocycles. The largest absolute Gasteiger partial charge is 0.388 e. The number of amides is 1. The van der Waals surface area contributed by atoms with Gasteiger partial charge in [-0.3, -0.25) is 9.59 Å². The van der Waals surface area contributed by atoms with Gasteiger partial charge in [-0.1, -0.05) is 32.8 Å². The van der Waals surface area contributed by atoms with Crippen molar-refractivity contribution in [3.63, 3.8) is 0 Å². The second kappa shape index (κ2) is 12.7. The van der Waals surface area contributed by atoms with Gasteiger partial charge in [-0.15, -0.1) is 0 Å². The number of Topliss-reactive ketones (excluding diaryl/α,β-unsaturated/α-hetero) is 1. The standard InChI is InChI=1S/C32H46N6O2/c1-3-25(39)8-6-5-7-9-28(37-31(40)26-19-32(26)14-16-38(4-2)17-15-32)30-35-21-29(36-30)22-10-13-27(33)23(18-22)20-34-24-11-12-24/h10,13,18,20-21,24,26,28,33-34H,3-9,11-12,14-17,19H2,1-2H3,(H,35,36)(H,37,40)/b23-20-,33-27?/t26-,28+/m1/s1.